The van der Waals surface area contributed by atoms with Crippen molar-refractivity contribution in [1.29, 1.82) is 0 Å². The van der Waals surface area contributed by atoms with E-state index >= 15 is 0 Å². The maximum Gasteiger partial charge on any atom is 0.150 e. The SMILES string of the molecule is O=S1(=O)CCC(NCc2ccc(O)cn2)CC1. The van der Waals surface area contributed by atoms with Crippen LogP contribution in [0.4, 0.5) is 0 Å². The van der Waals surface area contributed by atoms with Crippen LogP contribution in [0.1, 0.15) is 18.5 Å². The molecule has 2 rings (SSSR count). The number of hydrogen-bond donors (Lipinski definition) is 2. The molecule has 0 bridgehead atoms. The van der Waals surface area contributed by atoms with E-state index in [-0.39, 0.29) is 23.3 Å². The Balaban J connectivity index is 1.81. The summed E-state index contributed by atoms with van der Waals surface area (Å²) in [5, 5.41) is 12.4. The lowest BCUT2D eigenvalue weighted by molar-refractivity contribution is 0.456. The molecule has 0 atom stereocenters. The number of sulfone groups is 1. The summed E-state index contributed by atoms with van der Waals surface area (Å²) in [5.41, 5.74) is 0.844. The van der Waals surface area contributed by atoms with Crippen LogP contribution in [0.15, 0.2) is 18.3 Å². The zero-order valence-electron chi connectivity index (χ0n) is 9.46. The van der Waals surface area contributed by atoms with Crippen LogP contribution in [-0.4, -0.2) is 36.1 Å². The molecule has 1 aromatic heterocycles. The first-order valence-corrected chi connectivity index (χ1v) is 7.45. The molecule has 1 aliphatic heterocycles. The summed E-state index contributed by atoms with van der Waals surface area (Å²) in [6.07, 6.45) is 2.74. The van der Waals surface area contributed by atoms with E-state index in [1.807, 2.05) is 0 Å². The van der Waals surface area contributed by atoms with E-state index in [0.717, 1.165) is 5.69 Å². The van der Waals surface area contributed by atoms with E-state index < -0.39 is 9.84 Å². The Morgan fingerprint density at radius 2 is 2.06 bits per heavy atom. The molecule has 0 unspecified atom stereocenters. The second-order valence-electron chi connectivity index (χ2n) is 4.31. The van der Waals surface area contributed by atoms with E-state index in [0.29, 0.717) is 19.4 Å². The van der Waals surface area contributed by atoms with Gasteiger partial charge in [-0.25, -0.2) is 8.42 Å². The molecular formula is C11H16N2O3S. The van der Waals surface area contributed by atoms with Gasteiger partial charge in [0, 0.05) is 12.6 Å². The zero-order valence-corrected chi connectivity index (χ0v) is 10.3. The number of rotatable bonds is 3. The van der Waals surface area contributed by atoms with E-state index in [2.05, 4.69) is 10.3 Å². The molecule has 2 N–H and O–H groups in total. The van der Waals surface area contributed by atoms with Gasteiger partial charge in [-0.3, -0.25) is 4.98 Å². The fourth-order valence-electron chi connectivity index (χ4n) is 1.86. The van der Waals surface area contributed by atoms with Crippen molar-refractivity contribution in [3.8, 4) is 5.75 Å². The fraction of sp³-hybridized carbons (Fsp3) is 0.545. The summed E-state index contributed by atoms with van der Waals surface area (Å²) >= 11 is 0. The minimum Gasteiger partial charge on any atom is -0.506 e. The van der Waals surface area contributed by atoms with E-state index in [1.54, 1.807) is 12.1 Å². The molecule has 17 heavy (non-hydrogen) atoms. The molecule has 0 spiro atoms. The van der Waals surface area contributed by atoms with Crippen LogP contribution in [0.5, 0.6) is 5.75 Å². The lowest BCUT2D eigenvalue weighted by Gasteiger charge is -2.22. The largest absolute Gasteiger partial charge is 0.506 e. The van der Waals surface area contributed by atoms with Crippen molar-refractivity contribution in [2.75, 3.05) is 11.5 Å². The van der Waals surface area contributed by atoms with Crippen LogP contribution in [0.25, 0.3) is 0 Å². The van der Waals surface area contributed by atoms with Crippen molar-refractivity contribution in [3.63, 3.8) is 0 Å². The van der Waals surface area contributed by atoms with Crippen molar-refractivity contribution in [1.82, 2.24) is 10.3 Å². The first-order chi connectivity index (χ1) is 8.05. The van der Waals surface area contributed by atoms with Gasteiger partial charge in [0.05, 0.1) is 23.4 Å². The third-order valence-electron chi connectivity index (χ3n) is 2.94. The second-order valence-corrected chi connectivity index (χ2v) is 6.62. The van der Waals surface area contributed by atoms with Gasteiger partial charge >= 0.3 is 0 Å². The van der Waals surface area contributed by atoms with Crippen LogP contribution >= 0.6 is 0 Å². The third-order valence-corrected chi connectivity index (χ3v) is 4.65. The van der Waals surface area contributed by atoms with E-state index in [1.165, 1.54) is 6.20 Å². The van der Waals surface area contributed by atoms with Crippen molar-refractivity contribution < 1.29 is 13.5 Å². The number of aromatic nitrogens is 1. The van der Waals surface area contributed by atoms with Gasteiger partial charge in [-0.1, -0.05) is 0 Å². The van der Waals surface area contributed by atoms with Crippen LogP contribution in [-0.2, 0) is 16.4 Å². The van der Waals surface area contributed by atoms with E-state index in [4.69, 9.17) is 5.11 Å². The molecule has 6 heteroatoms. The minimum absolute atomic E-state index is 0.150. The monoisotopic (exact) mass is 256 g/mol. The van der Waals surface area contributed by atoms with E-state index in [9.17, 15) is 8.42 Å². The highest BCUT2D eigenvalue weighted by molar-refractivity contribution is 7.91. The Hall–Kier alpha value is -1.14. The van der Waals surface area contributed by atoms with Gasteiger partial charge < -0.3 is 10.4 Å². The number of nitrogens with zero attached hydrogens (tertiary/aromatic N) is 1. The third kappa shape index (κ3) is 3.67. The Labute approximate surface area is 101 Å². The molecule has 1 aliphatic rings. The molecule has 1 aromatic rings. The van der Waals surface area contributed by atoms with Gasteiger partial charge in [0.2, 0.25) is 0 Å². The number of pyridine rings is 1. The predicted molar refractivity (Wildman–Crippen MR) is 64.4 cm³/mol. The molecule has 0 radical (unpaired) electrons. The maximum atomic E-state index is 11.2. The number of nitrogens with one attached hydrogen (secondary N) is 1. The molecule has 5 nitrogen and oxygen atoms in total. The van der Waals surface area contributed by atoms with Gasteiger partial charge in [0.25, 0.3) is 0 Å². The summed E-state index contributed by atoms with van der Waals surface area (Å²) < 4.78 is 22.5. The standard InChI is InChI=1S/C11H16N2O3S/c14-11-2-1-10(13-8-11)7-12-9-3-5-17(15,16)6-4-9/h1-2,8-9,12,14H,3-7H2. The predicted octanol–water partition coefficient (Wildman–Crippen LogP) is 0.454. The quantitative estimate of drug-likeness (QED) is 0.821. The Morgan fingerprint density at radius 1 is 1.35 bits per heavy atom. The second kappa shape index (κ2) is 5.01. The number of aromatic hydroxyl groups is 1. The smallest absolute Gasteiger partial charge is 0.150 e. The summed E-state index contributed by atoms with van der Waals surface area (Å²) in [5.74, 6) is 0.693. The molecule has 94 valence electrons. The van der Waals surface area contributed by atoms with Crippen LogP contribution in [0, 0.1) is 0 Å². The van der Waals surface area contributed by atoms with Gasteiger partial charge in [-0.15, -0.1) is 0 Å². The molecule has 1 fully saturated rings. The van der Waals surface area contributed by atoms with Gasteiger partial charge in [-0.05, 0) is 25.0 Å². The fourth-order valence-corrected chi connectivity index (χ4v) is 3.36. The van der Waals surface area contributed by atoms with Crippen LogP contribution in [0.2, 0.25) is 0 Å². The Kier molecular flexibility index (Phi) is 3.63. The highest BCUT2D eigenvalue weighted by atomic mass is 32.2. The first-order valence-electron chi connectivity index (χ1n) is 5.63. The zero-order chi connectivity index (χ0) is 12.3. The molecule has 0 amide bonds. The summed E-state index contributed by atoms with van der Waals surface area (Å²) in [6, 6.07) is 3.59. The Morgan fingerprint density at radius 3 is 2.65 bits per heavy atom. The van der Waals surface area contributed by atoms with Crippen molar-refractivity contribution >= 4 is 9.84 Å². The average molecular weight is 256 g/mol. The normalized spacial score (nSPS) is 20.2. The maximum absolute atomic E-state index is 11.2. The van der Waals surface area contributed by atoms with Crippen molar-refractivity contribution in [2.24, 2.45) is 0 Å². The van der Waals surface area contributed by atoms with Gasteiger partial charge in [0.1, 0.15) is 15.6 Å². The van der Waals surface area contributed by atoms with Gasteiger partial charge in [0.15, 0.2) is 0 Å². The molecule has 0 aromatic carbocycles. The summed E-state index contributed by atoms with van der Waals surface area (Å²) in [7, 11) is -2.79. The highest BCUT2D eigenvalue weighted by Gasteiger charge is 2.22. The summed E-state index contributed by atoms with van der Waals surface area (Å²) in [6.45, 7) is 0.602. The lowest BCUT2D eigenvalue weighted by Crippen LogP contribution is -2.37. The Bertz CT molecular complexity index is 456. The van der Waals surface area contributed by atoms with Crippen LogP contribution < -0.4 is 5.32 Å². The van der Waals surface area contributed by atoms with Crippen molar-refractivity contribution in [2.45, 2.75) is 25.4 Å². The lowest BCUT2D eigenvalue weighted by atomic mass is 10.1. The minimum atomic E-state index is -2.79. The molecule has 0 saturated carbocycles. The molecule has 2 heterocycles. The van der Waals surface area contributed by atoms with Crippen molar-refractivity contribution in [3.05, 3.63) is 24.0 Å². The van der Waals surface area contributed by atoms with Crippen LogP contribution in [0.3, 0.4) is 0 Å². The molecular weight excluding hydrogens is 240 g/mol. The topological polar surface area (TPSA) is 79.3 Å². The van der Waals surface area contributed by atoms with Gasteiger partial charge in [-0.2, -0.15) is 0 Å². The average Bonchev–Trinajstić information content (AvgIpc) is 2.30. The molecule has 0 aliphatic carbocycles. The number of hydrogen-bond acceptors (Lipinski definition) is 5. The highest BCUT2D eigenvalue weighted by Crippen LogP contribution is 2.13. The first kappa shape index (κ1) is 12.3. The molecule has 1 saturated heterocycles. The summed E-state index contributed by atoms with van der Waals surface area (Å²) in [4.78, 5) is 4.06.